The molecule has 4 rings (SSSR count). The third-order valence-corrected chi connectivity index (χ3v) is 5.49. The molecule has 2 aromatic heterocycles. The summed E-state index contributed by atoms with van der Waals surface area (Å²) in [7, 11) is 1.93. The second-order valence-electron chi connectivity index (χ2n) is 7.22. The molecule has 0 saturated carbocycles. The van der Waals surface area contributed by atoms with E-state index in [1.165, 1.54) is 31.5 Å². The number of aromatic nitrogens is 2. The van der Waals surface area contributed by atoms with E-state index in [1.807, 2.05) is 41.0 Å². The van der Waals surface area contributed by atoms with E-state index in [4.69, 9.17) is 0 Å². The first-order valence-corrected chi connectivity index (χ1v) is 9.32. The van der Waals surface area contributed by atoms with Gasteiger partial charge in [-0.3, -0.25) is 14.7 Å². The number of nitrogens with zero attached hydrogens (tertiary/aromatic N) is 4. The van der Waals surface area contributed by atoms with Crippen molar-refractivity contribution in [3.05, 3.63) is 53.6 Å². The summed E-state index contributed by atoms with van der Waals surface area (Å²) in [6.45, 7) is 4.10. The van der Waals surface area contributed by atoms with Crippen molar-refractivity contribution in [3.8, 4) is 0 Å². The van der Waals surface area contributed by atoms with Crippen LogP contribution in [0.1, 0.15) is 53.5 Å². The summed E-state index contributed by atoms with van der Waals surface area (Å²) in [5.41, 5.74) is 3.11. The summed E-state index contributed by atoms with van der Waals surface area (Å²) < 4.78 is 1.91. The predicted octanol–water partition coefficient (Wildman–Crippen LogP) is 2.99. The fourth-order valence-corrected chi connectivity index (χ4v) is 4.15. The second kappa shape index (κ2) is 7.00. The maximum Gasteiger partial charge on any atom is 0.270 e. The third kappa shape index (κ3) is 3.33. The van der Waals surface area contributed by atoms with Crippen molar-refractivity contribution in [2.75, 3.05) is 19.6 Å². The molecule has 5 heteroatoms. The summed E-state index contributed by atoms with van der Waals surface area (Å²) in [4.78, 5) is 22.0. The quantitative estimate of drug-likeness (QED) is 0.860. The molecular formula is C20H26N4O. The van der Waals surface area contributed by atoms with Crippen molar-refractivity contribution >= 4 is 5.91 Å². The molecule has 0 spiro atoms. The van der Waals surface area contributed by atoms with Gasteiger partial charge in [-0.15, -0.1) is 0 Å². The summed E-state index contributed by atoms with van der Waals surface area (Å²) in [5, 5.41) is 0. The maximum absolute atomic E-state index is 13.0. The van der Waals surface area contributed by atoms with Crippen LogP contribution in [0.5, 0.6) is 0 Å². The van der Waals surface area contributed by atoms with E-state index in [1.54, 1.807) is 0 Å². The van der Waals surface area contributed by atoms with E-state index < -0.39 is 0 Å². The standard InChI is InChI=1S/C20H26N4O/c1-22-10-4-7-19(22)20(25)24-13-5-6-18(24)16-8-9-21-17(14-16)15-23-11-2-3-12-23/h4,7-10,14,18H,2-3,5-6,11-13,15H2,1H3/t18-/m0/s1. The Hall–Kier alpha value is -2.14. The molecule has 2 aromatic rings. The molecule has 2 aliphatic heterocycles. The highest BCUT2D eigenvalue weighted by Gasteiger charge is 2.31. The van der Waals surface area contributed by atoms with Crippen molar-refractivity contribution in [3.63, 3.8) is 0 Å². The highest BCUT2D eigenvalue weighted by Crippen LogP contribution is 2.33. The first kappa shape index (κ1) is 16.3. The van der Waals surface area contributed by atoms with Crippen molar-refractivity contribution < 1.29 is 4.79 Å². The lowest BCUT2D eigenvalue weighted by Gasteiger charge is -2.26. The number of hydrogen-bond acceptors (Lipinski definition) is 3. The molecule has 0 radical (unpaired) electrons. The fourth-order valence-electron chi connectivity index (χ4n) is 4.15. The topological polar surface area (TPSA) is 41.4 Å². The summed E-state index contributed by atoms with van der Waals surface area (Å²) in [6.07, 6.45) is 8.51. The van der Waals surface area contributed by atoms with Gasteiger partial charge in [-0.1, -0.05) is 0 Å². The summed E-state index contributed by atoms with van der Waals surface area (Å²) in [6, 6.07) is 8.29. The lowest BCUT2D eigenvalue weighted by Crippen LogP contribution is -2.32. The Kier molecular flexibility index (Phi) is 4.57. The van der Waals surface area contributed by atoms with Crippen LogP contribution in [-0.2, 0) is 13.6 Å². The van der Waals surface area contributed by atoms with Crippen LogP contribution in [0, 0.1) is 0 Å². The fraction of sp³-hybridized carbons (Fsp3) is 0.500. The zero-order valence-electron chi connectivity index (χ0n) is 14.9. The van der Waals surface area contributed by atoms with Gasteiger partial charge < -0.3 is 9.47 Å². The number of rotatable bonds is 4. The van der Waals surface area contributed by atoms with Crippen LogP contribution in [0.25, 0.3) is 0 Å². The average molecular weight is 338 g/mol. The minimum absolute atomic E-state index is 0.132. The van der Waals surface area contributed by atoms with Crippen LogP contribution in [0.3, 0.4) is 0 Å². The van der Waals surface area contributed by atoms with Gasteiger partial charge in [0.2, 0.25) is 0 Å². The molecule has 1 amide bonds. The molecule has 2 aliphatic rings. The zero-order chi connectivity index (χ0) is 17.2. The van der Waals surface area contributed by atoms with Crippen LogP contribution in [0.15, 0.2) is 36.7 Å². The zero-order valence-corrected chi connectivity index (χ0v) is 14.9. The van der Waals surface area contributed by atoms with E-state index in [-0.39, 0.29) is 11.9 Å². The van der Waals surface area contributed by atoms with Crippen molar-refractivity contribution in [1.82, 2.24) is 19.4 Å². The van der Waals surface area contributed by atoms with Crippen molar-refractivity contribution in [2.24, 2.45) is 7.05 Å². The van der Waals surface area contributed by atoms with Gasteiger partial charge in [0.25, 0.3) is 5.91 Å². The lowest BCUT2D eigenvalue weighted by molar-refractivity contribution is 0.0726. The Morgan fingerprint density at radius 3 is 2.80 bits per heavy atom. The molecule has 5 nitrogen and oxygen atoms in total. The first-order valence-electron chi connectivity index (χ1n) is 9.32. The van der Waals surface area contributed by atoms with Crippen LogP contribution >= 0.6 is 0 Å². The molecule has 132 valence electrons. The Labute approximate surface area is 149 Å². The molecule has 1 atom stereocenters. The lowest BCUT2D eigenvalue weighted by atomic mass is 10.0. The molecule has 2 saturated heterocycles. The second-order valence-corrected chi connectivity index (χ2v) is 7.22. The largest absolute Gasteiger partial charge is 0.347 e. The molecule has 0 aliphatic carbocycles. The van der Waals surface area contributed by atoms with Gasteiger partial charge in [0.05, 0.1) is 11.7 Å². The number of hydrogen-bond donors (Lipinski definition) is 0. The van der Waals surface area contributed by atoms with Gasteiger partial charge in [0, 0.05) is 32.5 Å². The van der Waals surface area contributed by atoms with Gasteiger partial charge in [0.15, 0.2) is 0 Å². The highest BCUT2D eigenvalue weighted by molar-refractivity contribution is 5.93. The third-order valence-electron chi connectivity index (χ3n) is 5.49. The van der Waals surface area contributed by atoms with Crippen LogP contribution in [0.4, 0.5) is 0 Å². The number of carbonyl (C=O) groups is 1. The number of aryl methyl sites for hydroxylation is 1. The average Bonchev–Trinajstić information content (AvgIpc) is 3.36. The monoisotopic (exact) mass is 338 g/mol. The van der Waals surface area contributed by atoms with Gasteiger partial charge in [-0.05, 0) is 68.6 Å². The van der Waals surface area contributed by atoms with Crippen LogP contribution in [-0.4, -0.2) is 44.9 Å². The van der Waals surface area contributed by atoms with E-state index in [0.717, 1.165) is 37.3 Å². The number of pyridine rings is 1. The number of likely N-dealkylation sites (tertiary alicyclic amines) is 2. The Morgan fingerprint density at radius 1 is 1.20 bits per heavy atom. The predicted molar refractivity (Wildman–Crippen MR) is 97.2 cm³/mol. The molecule has 0 N–H and O–H groups in total. The van der Waals surface area contributed by atoms with Crippen molar-refractivity contribution in [2.45, 2.75) is 38.3 Å². The van der Waals surface area contributed by atoms with Crippen LogP contribution in [0.2, 0.25) is 0 Å². The number of amides is 1. The van der Waals surface area contributed by atoms with E-state index in [2.05, 4.69) is 22.0 Å². The molecule has 2 fully saturated rings. The molecule has 4 heterocycles. The number of carbonyl (C=O) groups excluding carboxylic acids is 1. The SMILES string of the molecule is Cn1cccc1C(=O)N1CCC[C@H]1c1ccnc(CN2CCCC2)c1. The molecular weight excluding hydrogens is 312 g/mol. The van der Waals surface area contributed by atoms with E-state index in [0.29, 0.717) is 0 Å². The Bertz CT molecular complexity index is 748. The molecule has 0 bridgehead atoms. The Balaban J connectivity index is 1.53. The van der Waals surface area contributed by atoms with Gasteiger partial charge >= 0.3 is 0 Å². The molecule has 0 aromatic carbocycles. The molecule has 25 heavy (non-hydrogen) atoms. The van der Waals surface area contributed by atoms with Crippen molar-refractivity contribution in [1.29, 1.82) is 0 Å². The Morgan fingerprint density at radius 2 is 2.04 bits per heavy atom. The highest BCUT2D eigenvalue weighted by atomic mass is 16.2. The first-order chi connectivity index (χ1) is 12.2. The van der Waals surface area contributed by atoms with Gasteiger partial charge in [-0.2, -0.15) is 0 Å². The van der Waals surface area contributed by atoms with E-state index in [9.17, 15) is 4.79 Å². The minimum Gasteiger partial charge on any atom is -0.347 e. The van der Waals surface area contributed by atoms with Crippen LogP contribution < -0.4 is 0 Å². The van der Waals surface area contributed by atoms with Gasteiger partial charge in [0.1, 0.15) is 5.69 Å². The smallest absolute Gasteiger partial charge is 0.270 e. The van der Waals surface area contributed by atoms with E-state index >= 15 is 0 Å². The normalized spacial score (nSPS) is 21.2. The maximum atomic E-state index is 13.0. The minimum atomic E-state index is 0.132. The summed E-state index contributed by atoms with van der Waals surface area (Å²) >= 11 is 0. The molecule has 0 unspecified atom stereocenters. The summed E-state index contributed by atoms with van der Waals surface area (Å²) in [5.74, 6) is 0.132. The van der Waals surface area contributed by atoms with Gasteiger partial charge in [-0.25, -0.2) is 0 Å².